The van der Waals surface area contributed by atoms with Gasteiger partial charge in [-0.25, -0.2) is 9.97 Å². The van der Waals surface area contributed by atoms with E-state index in [0.717, 1.165) is 19.5 Å². The second-order valence-corrected chi connectivity index (χ2v) is 5.22. The molecule has 5 nitrogen and oxygen atoms in total. The van der Waals surface area contributed by atoms with Crippen molar-refractivity contribution in [3.63, 3.8) is 0 Å². The second kappa shape index (κ2) is 5.63. The molecule has 0 aromatic carbocycles. The van der Waals surface area contributed by atoms with Crippen LogP contribution in [-0.2, 0) is 0 Å². The summed E-state index contributed by atoms with van der Waals surface area (Å²) in [6.07, 6.45) is 3.75. The van der Waals surface area contributed by atoms with E-state index in [1.54, 1.807) is 0 Å². The van der Waals surface area contributed by atoms with Crippen LogP contribution in [0.1, 0.15) is 23.8 Å². The molecule has 1 aromatic heterocycles. The third-order valence-corrected chi connectivity index (χ3v) is 3.47. The summed E-state index contributed by atoms with van der Waals surface area (Å²) >= 11 is 5.64. The monoisotopic (exact) mass is 268 g/mol. The zero-order chi connectivity index (χ0) is 13.1. The number of nitrogens with zero attached hydrogens (tertiary/aromatic N) is 3. The van der Waals surface area contributed by atoms with E-state index in [-0.39, 0.29) is 11.9 Å². The molecule has 18 heavy (non-hydrogen) atoms. The standard InChI is InChI=1S/C12H17ClN4O/c1-8-7-17(2)4-3-9(8)16-12(18)10-5-15-11(13)6-14-10/h5-6,8-9H,3-4,7H2,1-2H3,(H,16,18). The van der Waals surface area contributed by atoms with Crippen LogP contribution in [-0.4, -0.2) is 47.0 Å². The van der Waals surface area contributed by atoms with Gasteiger partial charge in [0.05, 0.1) is 12.4 Å². The molecule has 1 aliphatic heterocycles. The van der Waals surface area contributed by atoms with E-state index in [2.05, 4.69) is 34.2 Å². The smallest absolute Gasteiger partial charge is 0.271 e. The Hall–Kier alpha value is -1.20. The molecule has 2 rings (SSSR count). The van der Waals surface area contributed by atoms with Gasteiger partial charge in [-0.05, 0) is 25.9 Å². The molecule has 1 aliphatic rings. The lowest BCUT2D eigenvalue weighted by molar-refractivity contribution is 0.0878. The Labute approximate surface area is 112 Å². The van der Waals surface area contributed by atoms with E-state index in [1.165, 1.54) is 12.4 Å². The Morgan fingerprint density at radius 3 is 2.89 bits per heavy atom. The third kappa shape index (κ3) is 3.17. The molecule has 1 aromatic rings. The number of aromatic nitrogens is 2. The van der Waals surface area contributed by atoms with Gasteiger partial charge in [0, 0.05) is 12.6 Å². The maximum Gasteiger partial charge on any atom is 0.271 e. The number of piperidine rings is 1. The zero-order valence-electron chi connectivity index (χ0n) is 10.6. The van der Waals surface area contributed by atoms with Gasteiger partial charge in [0.15, 0.2) is 0 Å². The van der Waals surface area contributed by atoms with E-state index in [0.29, 0.717) is 16.8 Å². The summed E-state index contributed by atoms with van der Waals surface area (Å²) in [7, 11) is 2.10. The van der Waals surface area contributed by atoms with Crippen LogP contribution in [0.5, 0.6) is 0 Å². The van der Waals surface area contributed by atoms with E-state index < -0.39 is 0 Å². The molecule has 0 radical (unpaired) electrons. The van der Waals surface area contributed by atoms with Gasteiger partial charge in [-0.3, -0.25) is 4.79 Å². The minimum atomic E-state index is -0.180. The maximum atomic E-state index is 12.0. The van der Waals surface area contributed by atoms with Gasteiger partial charge >= 0.3 is 0 Å². The number of hydrogen-bond acceptors (Lipinski definition) is 4. The topological polar surface area (TPSA) is 58.1 Å². The summed E-state index contributed by atoms with van der Waals surface area (Å²) in [4.78, 5) is 22.1. The predicted octanol–water partition coefficient (Wildman–Crippen LogP) is 1.20. The Morgan fingerprint density at radius 1 is 1.50 bits per heavy atom. The molecule has 1 saturated heterocycles. The van der Waals surface area contributed by atoms with Crippen LogP contribution in [0.3, 0.4) is 0 Å². The predicted molar refractivity (Wildman–Crippen MR) is 69.6 cm³/mol. The van der Waals surface area contributed by atoms with Crippen LogP contribution in [0, 0.1) is 5.92 Å². The Kier molecular flexibility index (Phi) is 4.14. The molecule has 98 valence electrons. The molecule has 1 fully saturated rings. The first-order chi connectivity index (χ1) is 8.56. The van der Waals surface area contributed by atoms with E-state index >= 15 is 0 Å². The fourth-order valence-electron chi connectivity index (χ4n) is 2.24. The summed E-state index contributed by atoms with van der Waals surface area (Å²) in [5, 5.41) is 3.30. The van der Waals surface area contributed by atoms with Crippen molar-refractivity contribution in [1.82, 2.24) is 20.2 Å². The van der Waals surface area contributed by atoms with Crippen LogP contribution in [0.25, 0.3) is 0 Å². The Morgan fingerprint density at radius 2 is 2.28 bits per heavy atom. The highest BCUT2D eigenvalue weighted by molar-refractivity contribution is 6.29. The molecular weight excluding hydrogens is 252 g/mol. The van der Waals surface area contributed by atoms with Crippen molar-refractivity contribution in [2.75, 3.05) is 20.1 Å². The highest BCUT2D eigenvalue weighted by atomic mass is 35.5. The molecule has 2 heterocycles. The molecule has 0 saturated carbocycles. The van der Waals surface area contributed by atoms with Gasteiger partial charge in [0.2, 0.25) is 0 Å². The quantitative estimate of drug-likeness (QED) is 0.876. The van der Waals surface area contributed by atoms with Crippen LogP contribution in [0.15, 0.2) is 12.4 Å². The fourth-order valence-corrected chi connectivity index (χ4v) is 2.34. The molecule has 1 amide bonds. The first kappa shape index (κ1) is 13.2. The maximum absolute atomic E-state index is 12.0. The lowest BCUT2D eigenvalue weighted by Crippen LogP contribution is -2.49. The SMILES string of the molecule is CC1CN(C)CCC1NC(=O)c1cnc(Cl)cn1. The average molecular weight is 269 g/mol. The number of halogens is 1. The minimum absolute atomic E-state index is 0.180. The second-order valence-electron chi connectivity index (χ2n) is 4.83. The molecule has 1 N–H and O–H groups in total. The molecule has 0 aliphatic carbocycles. The highest BCUT2D eigenvalue weighted by Crippen LogP contribution is 2.15. The van der Waals surface area contributed by atoms with Crippen LogP contribution in [0.2, 0.25) is 5.15 Å². The number of likely N-dealkylation sites (tertiary alicyclic amines) is 1. The summed E-state index contributed by atoms with van der Waals surface area (Å²) in [5.74, 6) is 0.258. The highest BCUT2D eigenvalue weighted by Gasteiger charge is 2.26. The zero-order valence-corrected chi connectivity index (χ0v) is 11.3. The third-order valence-electron chi connectivity index (χ3n) is 3.28. The van der Waals surface area contributed by atoms with Crippen LogP contribution >= 0.6 is 11.6 Å². The lowest BCUT2D eigenvalue weighted by atomic mass is 9.94. The van der Waals surface area contributed by atoms with E-state index in [9.17, 15) is 4.79 Å². The van der Waals surface area contributed by atoms with Crippen LogP contribution < -0.4 is 5.32 Å². The Bertz CT molecular complexity index is 423. The van der Waals surface area contributed by atoms with E-state index in [4.69, 9.17) is 11.6 Å². The first-order valence-electron chi connectivity index (χ1n) is 6.03. The normalized spacial score (nSPS) is 24.8. The van der Waals surface area contributed by atoms with Crippen molar-refractivity contribution < 1.29 is 4.79 Å². The molecule has 6 heteroatoms. The summed E-state index contributed by atoms with van der Waals surface area (Å²) in [6, 6.07) is 0.200. The average Bonchev–Trinajstić information content (AvgIpc) is 2.33. The molecule has 2 unspecified atom stereocenters. The van der Waals surface area contributed by atoms with Gasteiger partial charge in [-0.2, -0.15) is 0 Å². The minimum Gasteiger partial charge on any atom is -0.348 e. The van der Waals surface area contributed by atoms with E-state index in [1.807, 2.05) is 0 Å². The van der Waals surface area contributed by atoms with Crippen molar-refractivity contribution in [2.24, 2.45) is 5.92 Å². The molecular formula is C12H17ClN4O. The molecule has 0 bridgehead atoms. The number of nitrogens with one attached hydrogen (secondary N) is 1. The van der Waals surface area contributed by atoms with Crippen molar-refractivity contribution in [3.8, 4) is 0 Å². The molecule has 2 atom stereocenters. The van der Waals surface area contributed by atoms with Gasteiger partial charge in [0.1, 0.15) is 10.8 Å². The largest absolute Gasteiger partial charge is 0.348 e. The lowest BCUT2D eigenvalue weighted by Gasteiger charge is -2.35. The van der Waals surface area contributed by atoms with Gasteiger partial charge in [0.25, 0.3) is 5.91 Å². The van der Waals surface area contributed by atoms with Crippen molar-refractivity contribution in [2.45, 2.75) is 19.4 Å². The number of hydrogen-bond donors (Lipinski definition) is 1. The van der Waals surface area contributed by atoms with Crippen molar-refractivity contribution >= 4 is 17.5 Å². The number of carbonyl (C=O) groups excluding carboxylic acids is 1. The van der Waals surface area contributed by atoms with Gasteiger partial charge in [-0.1, -0.05) is 18.5 Å². The van der Waals surface area contributed by atoms with Crippen molar-refractivity contribution in [1.29, 1.82) is 0 Å². The van der Waals surface area contributed by atoms with Crippen LogP contribution in [0.4, 0.5) is 0 Å². The fraction of sp³-hybridized carbons (Fsp3) is 0.583. The van der Waals surface area contributed by atoms with Gasteiger partial charge in [-0.15, -0.1) is 0 Å². The summed E-state index contributed by atoms with van der Waals surface area (Å²) < 4.78 is 0. The number of rotatable bonds is 2. The molecule has 0 spiro atoms. The first-order valence-corrected chi connectivity index (χ1v) is 6.41. The summed E-state index contributed by atoms with van der Waals surface area (Å²) in [6.45, 7) is 4.15. The summed E-state index contributed by atoms with van der Waals surface area (Å²) in [5.41, 5.74) is 0.311. The van der Waals surface area contributed by atoms with Gasteiger partial charge < -0.3 is 10.2 Å². The number of carbonyl (C=O) groups is 1. The van der Waals surface area contributed by atoms with Crippen molar-refractivity contribution in [3.05, 3.63) is 23.2 Å². The number of amides is 1. The Balaban J connectivity index is 1.97.